The van der Waals surface area contributed by atoms with Gasteiger partial charge in [0.25, 0.3) is 0 Å². The van der Waals surface area contributed by atoms with E-state index in [9.17, 15) is 9.90 Å². The van der Waals surface area contributed by atoms with Crippen LogP contribution >= 0.6 is 12.2 Å². The van der Waals surface area contributed by atoms with Gasteiger partial charge in [-0.2, -0.15) is 5.10 Å². The molecule has 6 nitrogen and oxygen atoms in total. The zero-order chi connectivity index (χ0) is 21.8. The molecule has 7 heteroatoms. The minimum absolute atomic E-state index is 0.151. The van der Waals surface area contributed by atoms with Gasteiger partial charge in [0, 0.05) is 25.1 Å². The topological polar surface area (TPSA) is 82.9 Å². The largest absolute Gasteiger partial charge is 0.387 e. The van der Waals surface area contributed by atoms with E-state index in [-0.39, 0.29) is 18.9 Å². The number of aromatic nitrogens is 3. The molecule has 0 bridgehead atoms. The van der Waals surface area contributed by atoms with Crippen molar-refractivity contribution in [1.29, 1.82) is 0 Å². The molecule has 0 saturated carbocycles. The molecule has 1 heterocycles. The second-order valence-corrected chi connectivity index (χ2v) is 7.94. The molecule has 4 rings (SSSR count). The van der Waals surface area contributed by atoms with Crippen molar-refractivity contribution in [3.63, 3.8) is 0 Å². The lowest BCUT2D eigenvalue weighted by Crippen LogP contribution is -2.29. The molecule has 1 unspecified atom stereocenters. The number of aryl methyl sites for hydroxylation is 1. The van der Waals surface area contributed by atoms with Gasteiger partial charge in [-0.05, 0) is 47.6 Å². The second-order valence-electron chi connectivity index (χ2n) is 7.55. The summed E-state index contributed by atoms with van der Waals surface area (Å²) in [6.45, 7) is 2.57. The van der Waals surface area contributed by atoms with Crippen LogP contribution in [0.3, 0.4) is 0 Å². The maximum Gasteiger partial charge on any atom is 0.221 e. The van der Waals surface area contributed by atoms with Gasteiger partial charge in [0.05, 0.1) is 6.10 Å². The highest BCUT2D eigenvalue weighted by Gasteiger charge is 2.13. The summed E-state index contributed by atoms with van der Waals surface area (Å²) < 4.78 is 2.30. The molecular weight excluding hydrogens is 408 g/mol. The van der Waals surface area contributed by atoms with Gasteiger partial charge < -0.3 is 10.4 Å². The Morgan fingerprint density at radius 2 is 1.94 bits per heavy atom. The third kappa shape index (κ3) is 4.90. The molecule has 158 valence electrons. The molecular formula is C24H24N4O2S. The highest BCUT2D eigenvalue weighted by molar-refractivity contribution is 7.71. The lowest BCUT2D eigenvalue weighted by molar-refractivity contribution is -0.121. The quantitative estimate of drug-likeness (QED) is 0.380. The summed E-state index contributed by atoms with van der Waals surface area (Å²) in [7, 11) is 0. The second kappa shape index (κ2) is 9.24. The van der Waals surface area contributed by atoms with E-state index in [1.807, 2.05) is 78.2 Å². The van der Waals surface area contributed by atoms with Crippen molar-refractivity contribution in [2.45, 2.75) is 26.0 Å². The number of hydrogen-bond donors (Lipinski definition) is 3. The fraction of sp³-hybridized carbons (Fsp3) is 0.208. The van der Waals surface area contributed by atoms with Crippen LogP contribution in [0.5, 0.6) is 0 Å². The molecule has 4 aromatic rings. The van der Waals surface area contributed by atoms with Crippen molar-refractivity contribution >= 4 is 28.9 Å². The van der Waals surface area contributed by atoms with Crippen molar-refractivity contribution in [3.05, 3.63) is 82.6 Å². The molecule has 3 N–H and O–H groups in total. The zero-order valence-electron chi connectivity index (χ0n) is 17.2. The third-order valence-corrected chi connectivity index (χ3v) is 5.56. The van der Waals surface area contributed by atoms with Gasteiger partial charge in [-0.3, -0.25) is 14.5 Å². The van der Waals surface area contributed by atoms with Gasteiger partial charge >= 0.3 is 0 Å². The van der Waals surface area contributed by atoms with Crippen LogP contribution < -0.4 is 5.32 Å². The number of carbonyl (C=O) groups excluding carboxylic acids is 1. The first-order valence-corrected chi connectivity index (χ1v) is 10.6. The number of fused-ring (bicyclic) bond motifs is 1. The maximum atomic E-state index is 12.4. The number of H-pyrrole nitrogens is 1. The van der Waals surface area contributed by atoms with Crippen LogP contribution in [0.1, 0.15) is 23.7 Å². The Kier molecular flexibility index (Phi) is 6.25. The first kappa shape index (κ1) is 21.0. The number of nitrogens with zero attached hydrogens (tertiary/aromatic N) is 2. The molecule has 1 amide bonds. The van der Waals surface area contributed by atoms with Gasteiger partial charge in [-0.25, -0.2) is 0 Å². The number of aromatic amines is 1. The minimum Gasteiger partial charge on any atom is -0.387 e. The Morgan fingerprint density at radius 3 is 2.74 bits per heavy atom. The number of hydrogen-bond acceptors (Lipinski definition) is 4. The van der Waals surface area contributed by atoms with Crippen LogP contribution in [0.2, 0.25) is 0 Å². The van der Waals surface area contributed by atoms with E-state index < -0.39 is 6.10 Å². The molecule has 1 atom stereocenters. The SMILES string of the molecule is Cc1cccc(-c2n[nH]c(=S)n2CCC(=O)NCC(O)c2ccc3ccccc3c2)c1. The summed E-state index contributed by atoms with van der Waals surface area (Å²) in [5, 5.41) is 22.6. The lowest BCUT2D eigenvalue weighted by atomic mass is 10.0. The Morgan fingerprint density at radius 1 is 1.13 bits per heavy atom. The van der Waals surface area contributed by atoms with Gasteiger partial charge in [0.1, 0.15) is 0 Å². The van der Waals surface area contributed by atoms with Crippen LogP contribution in [-0.2, 0) is 11.3 Å². The summed E-state index contributed by atoms with van der Waals surface area (Å²) in [6, 6.07) is 21.8. The predicted molar refractivity (Wildman–Crippen MR) is 124 cm³/mol. The van der Waals surface area contributed by atoms with Gasteiger partial charge in [0.15, 0.2) is 10.6 Å². The normalized spacial score (nSPS) is 12.1. The zero-order valence-corrected chi connectivity index (χ0v) is 18.0. The summed E-state index contributed by atoms with van der Waals surface area (Å²) in [4.78, 5) is 12.4. The Hall–Kier alpha value is -3.29. The number of carbonyl (C=O) groups is 1. The monoisotopic (exact) mass is 432 g/mol. The van der Waals surface area contributed by atoms with E-state index >= 15 is 0 Å². The smallest absolute Gasteiger partial charge is 0.221 e. The first-order valence-electron chi connectivity index (χ1n) is 10.2. The number of aliphatic hydroxyl groups excluding tert-OH is 1. The van der Waals surface area contributed by atoms with Crippen molar-refractivity contribution in [1.82, 2.24) is 20.1 Å². The first-order chi connectivity index (χ1) is 15.0. The van der Waals surface area contributed by atoms with Gasteiger partial charge in [-0.15, -0.1) is 0 Å². The Bertz CT molecular complexity index is 1280. The summed E-state index contributed by atoms with van der Waals surface area (Å²) >= 11 is 5.34. The fourth-order valence-corrected chi connectivity index (χ4v) is 3.80. The highest BCUT2D eigenvalue weighted by Crippen LogP contribution is 2.21. The molecule has 0 aliphatic carbocycles. The van der Waals surface area contributed by atoms with Crippen molar-refractivity contribution in [3.8, 4) is 11.4 Å². The van der Waals surface area contributed by atoms with E-state index in [0.29, 0.717) is 17.1 Å². The van der Waals surface area contributed by atoms with Crippen LogP contribution in [0.15, 0.2) is 66.7 Å². The lowest BCUT2D eigenvalue weighted by Gasteiger charge is -2.13. The van der Waals surface area contributed by atoms with E-state index in [1.165, 1.54) is 0 Å². The minimum atomic E-state index is -0.771. The standard InChI is InChI=1S/C24H24N4O2S/c1-16-5-4-8-20(13-16)23-26-27-24(31)28(23)12-11-22(30)25-15-21(29)19-10-9-17-6-2-3-7-18(17)14-19/h2-10,13-14,21,29H,11-12,15H2,1H3,(H,25,30)(H,27,31). The van der Waals surface area contributed by atoms with E-state index in [0.717, 1.165) is 27.5 Å². The Balaban J connectivity index is 1.36. The van der Waals surface area contributed by atoms with Crippen LogP contribution in [0.4, 0.5) is 0 Å². The molecule has 0 aliphatic rings. The molecule has 1 aromatic heterocycles. The summed E-state index contributed by atoms with van der Waals surface area (Å²) in [5.74, 6) is 0.552. The summed E-state index contributed by atoms with van der Waals surface area (Å²) in [5.41, 5.74) is 2.84. The van der Waals surface area contributed by atoms with E-state index in [2.05, 4.69) is 15.5 Å². The molecule has 0 radical (unpaired) electrons. The molecule has 3 aromatic carbocycles. The number of nitrogens with one attached hydrogen (secondary N) is 2. The number of aliphatic hydroxyl groups is 1. The van der Waals surface area contributed by atoms with Gasteiger partial charge in [-0.1, -0.05) is 60.2 Å². The van der Waals surface area contributed by atoms with Gasteiger partial charge in [0.2, 0.25) is 5.91 Å². The fourth-order valence-electron chi connectivity index (χ4n) is 3.57. The third-order valence-electron chi connectivity index (χ3n) is 5.25. The summed E-state index contributed by atoms with van der Waals surface area (Å²) in [6.07, 6.45) is -0.538. The molecule has 31 heavy (non-hydrogen) atoms. The average Bonchev–Trinajstić information content (AvgIpc) is 3.16. The van der Waals surface area contributed by atoms with Crippen LogP contribution in [-0.4, -0.2) is 32.3 Å². The van der Waals surface area contributed by atoms with Crippen LogP contribution in [0, 0.1) is 11.7 Å². The van der Waals surface area contributed by atoms with E-state index in [4.69, 9.17) is 12.2 Å². The molecule has 0 fully saturated rings. The van der Waals surface area contributed by atoms with Crippen molar-refractivity contribution in [2.75, 3.05) is 6.54 Å². The Labute approximate surface area is 185 Å². The number of rotatable bonds is 7. The average molecular weight is 433 g/mol. The predicted octanol–water partition coefficient (Wildman–Crippen LogP) is 4.31. The molecule has 0 saturated heterocycles. The maximum absolute atomic E-state index is 12.4. The molecule has 0 spiro atoms. The number of amides is 1. The number of benzene rings is 3. The highest BCUT2D eigenvalue weighted by atomic mass is 32.1. The molecule has 0 aliphatic heterocycles. The van der Waals surface area contributed by atoms with Crippen molar-refractivity contribution in [2.24, 2.45) is 0 Å². The van der Waals surface area contributed by atoms with Crippen LogP contribution in [0.25, 0.3) is 22.2 Å². The van der Waals surface area contributed by atoms with E-state index in [1.54, 1.807) is 0 Å². The van der Waals surface area contributed by atoms with Crippen molar-refractivity contribution < 1.29 is 9.90 Å².